The van der Waals surface area contributed by atoms with Gasteiger partial charge >= 0.3 is 0 Å². The molecule has 2 aliphatic rings. The average molecular weight is 406 g/mol. The van der Waals surface area contributed by atoms with E-state index < -0.39 is 0 Å². The Kier molecular flexibility index (Phi) is 6.67. The van der Waals surface area contributed by atoms with Crippen LogP contribution < -0.4 is 15.5 Å². The maximum Gasteiger partial charge on any atom is 0.255 e. The van der Waals surface area contributed by atoms with E-state index in [0.29, 0.717) is 11.3 Å². The van der Waals surface area contributed by atoms with Crippen molar-refractivity contribution >= 4 is 28.9 Å². The van der Waals surface area contributed by atoms with Gasteiger partial charge in [0.25, 0.3) is 5.91 Å². The summed E-state index contributed by atoms with van der Waals surface area (Å²) in [5.41, 5.74) is 3.20. The van der Waals surface area contributed by atoms with E-state index in [1.165, 1.54) is 31.4 Å². The van der Waals surface area contributed by atoms with Crippen LogP contribution in [-0.2, 0) is 4.79 Å². The van der Waals surface area contributed by atoms with Crippen LogP contribution in [0, 0.1) is 5.92 Å². The molecular weight excluding hydrogens is 374 g/mol. The predicted octanol–water partition coefficient (Wildman–Crippen LogP) is 5.45. The lowest BCUT2D eigenvalue weighted by Gasteiger charge is -2.28. The SMILES string of the molecule is O=C(Nc1ccc(N2CCCCC2)cc1)c1cccc(NC(=O)C2CCCCC2)c1. The van der Waals surface area contributed by atoms with Crippen molar-refractivity contribution in [2.24, 2.45) is 5.92 Å². The lowest BCUT2D eigenvalue weighted by Crippen LogP contribution is -2.29. The van der Waals surface area contributed by atoms with Crippen molar-refractivity contribution in [3.05, 3.63) is 54.1 Å². The van der Waals surface area contributed by atoms with Crippen LogP contribution in [0.5, 0.6) is 0 Å². The lowest BCUT2D eigenvalue weighted by atomic mass is 9.88. The first-order valence-electron chi connectivity index (χ1n) is 11.3. The van der Waals surface area contributed by atoms with E-state index in [0.717, 1.165) is 44.5 Å². The molecule has 2 N–H and O–H groups in total. The van der Waals surface area contributed by atoms with Gasteiger partial charge in [0.15, 0.2) is 0 Å². The van der Waals surface area contributed by atoms with Crippen molar-refractivity contribution in [2.75, 3.05) is 28.6 Å². The van der Waals surface area contributed by atoms with Gasteiger partial charge in [-0.1, -0.05) is 25.3 Å². The summed E-state index contributed by atoms with van der Waals surface area (Å²) in [6, 6.07) is 15.2. The van der Waals surface area contributed by atoms with Gasteiger partial charge in [0.05, 0.1) is 0 Å². The Balaban J connectivity index is 1.36. The molecule has 2 fully saturated rings. The molecule has 5 heteroatoms. The van der Waals surface area contributed by atoms with Crippen molar-refractivity contribution in [3.63, 3.8) is 0 Å². The standard InChI is InChI=1S/C25H31N3O2/c29-24(19-8-3-1-4-9-19)27-22-11-7-10-20(18-22)25(30)26-21-12-14-23(15-13-21)28-16-5-2-6-17-28/h7,10-15,18-19H,1-6,8-9,16-17H2,(H,26,30)(H,27,29). The molecule has 1 saturated heterocycles. The van der Waals surface area contributed by atoms with Gasteiger partial charge in [-0.25, -0.2) is 0 Å². The first kappa shape index (κ1) is 20.5. The molecule has 158 valence electrons. The molecular formula is C25H31N3O2. The zero-order chi connectivity index (χ0) is 20.8. The number of carbonyl (C=O) groups excluding carboxylic acids is 2. The maximum absolute atomic E-state index is 12.7. The summed E-state index contributed by atoms with van der Waals surface area (Å²) in [4.78, 5) is 27.6. The van der Waals surface area contributed by atoms with E-state index in [9.17, 15) is 9.59 Å². The van der Waals surface area contributed by atoms with Gasteiger partial charge in [-0.2, -0.15) is 0 Å². The lowest BCUT2D eigenvalue weighted by molar-refractivity contribution is -0.120. The Hall–Kier alpha value is -2.82. The Morgan fingerprint density at radius 1 is 0.767 bits per heavy atom. The molecule has 1 saturated carbocycles. The monoisotopic (exact) mass is 405 g/mol. The highest BCUT2D eigenvalue weighted by Gasteiger charge is 2.21. The topological polar surface area (TPSA) is 61.4 Å². The first-order chi connectivity index (χ1) is 14.7. The number of benzene rings is 2. The molecule has 5 nitrogen and oxygen atoms in total. The molecule has 30 heavy (non-hydrogen) atoms. The molecule has 0 aromatic heterocycles. The largest absolute Gasteiger partial charge is 0.372 e. The average Bonchev–Trinajstić information content (AvgIpc) is 2.81. The first-order valence-corrected chi connectivity index (χ1v) is 11.3. The van der Waals surface area contributed by atoms with Gasteiger partial charge in [-0.05, 0) is 74.6 Å². The third kappa shape index (κ3) is 5.21. The summed E-state index contributed by atoms with van der Waals surface area (Å²) >= 11 is 0. The third-order valence-corrected chi connectivity index (χ3v) is 6.21. The van der Waals surface area contributed by atoms with Crippen LogP contribution in [0.2, 0.25) is 0 Å². The van der Waals surface area contributed by atoms with Gasteiger partial charge in [0.2, 0.25) is 5.91 Å². The number of nitrogens with one attached hydrogen (secondary N) is 2. The van der Waals surface area contributed by atoms with Crippen LogP contribution in [-0.4, -0.2) is 24.9 Å². The van der Waals surface area contributed by atoms with E-state index >= 15 is 0 Å². The molecule has 1 aliphatic heterocycles. The minimum atomic E-state index is -0.172. The Labute approximate surface area is 178 Å². The summed E-state index contributed by atoms with van der Waals surface area (Å²) in [5.74, 6) is -0.00954. The van der Waals surface area contributed by atoms with Gasteiger partial charge in [0, 0.05) is 41.6 Å². The van der Waals surface area contributed by atoms with Gasteiger partial charge < -0.3 is 15.5 Å². The number of amides is 2. The van der Waals surface area contributed by atoms with Crippen LogP contribution in [0.3, 0.4) is 0 Å². The second-order valence-electron chi connectivity index (χ2n) is 8.45. The number of anilines is 3. The second kappa shape index (κ2) is 9.79. The smallest absolute Gasteiger partial charge is 0.255 e. The summed E-state index contributed by atoms with van der Waals surface area (Å²) in [6.45, 7) is 2.20. The van der Waals surface area contributed by atoms with Crippen LogP contribution in [0.4, 0.5) is 17.1 Å². The highest BCUT2D eigenvalue weighted by molar-refractivity contribution is 6.05. The quantitative estimate of drug-likeness (QED) is 0.695. The summed E-state index contributed by atoms with van der Waals surface area (Å²) in [6.07, 6.45) is 9.18. The van der Waals surface area contributed by atoms with E-state index in [2.05, 4.69) is 27.7 Å². The molecule has 1 aliphatic carbocycles. The molecule has 1 heterocycles. The van der Waals surface area contributed by atoms with Crippen molar-refractivity contribution in [2.45, 2.75) is 51.4 Å². The highest BCUT2D eigenvalue weighted by atomic mass is 16.2. The Bertz CT molecular complexity index is 866. The normalized spacial score (nSPS) is 17.4. The fourth-order valence-electron chi connectivity index (χ4n) is 4.46. The van der Waals surface area contributed by atoms with E-state index in [4.69, 9.17) is 0 Å². The van der Waals surface area contributed by atoms with Crippen LogP contribution in [0.15, 0.2) is 48.5 Å². The van der Waals surface area contributed by atoms with E-state index in [1.54, 1.807) is 12.1 Å². The minimum Gasteiger partial charge on any atom is -0.372 e. The molecule has 0 radical (unpaired) electrons. The third-order valence-electron chi connectivity index (χ3n) is 6.21. The Morgan fingerprint density at radius 2 is 1.47 bits per heavy atom. The van der Waals surface area contributed by atoms with Crippen molar-refractivity contribution in [3.8, 4) is 0 Å². The molecule has 0 unspecified atom stereocenters. The summed E-state index contributed by atoms with van der Waals surface area (Å²) < 4.78 is 0. The molecule has 0 bridgehead atoms. The van der Waals surface area contributed by atoms with Crippen molar-refractivity contribution in [1.82, 2.24) is 0 Å². The Morgan fingerprint density at radius 3 is 2.20 bits per heavy atom. The fourth-order valence-corrected chi connectivity index (χ4v) is 4.46. The minimum absolute atomic E-state index is 0.0700. The zero-order valence-electron chi connectivity index (χ0n) is 17.5. The fraction of sp³-hybridized carbons (Fsp3) is 0.440. The second-order valence-corrected chi connectivity index (χ2v) is 8.45. The van der Waals surface area contributed by atoms with Crippen molar-refractivity contribution in [1.29, 1.82) is 0 Å². The van der Waals surface area contributed by atoms with Gasteiger partial charge in [-0.15, -0.1) is 0 Å². The van der Waals surface area contributed by atoms with E-state index in [1.807, 2.05) is 24.3 Å². The number of hydrogen-bond donors (Lipinski definition) is 2. The molecule has 0 spiro atoms. The molecule has 0 atom stereocenters. The molecule has 4 rings (SSSR count). The zero-order valence-corrected chi connectivity index (χ0v) is 17.5. The van der Waals surface area contributed by atoms with Crippen LogP contribution in [0.25, 0.3) is 0 Å². The number of nitrogens with zero attached hydrogens (tertiary/aromatic N) is 1. The maximum atomic E-state index is 12.7. The van der Waals surface area contributed by atoms with Crippen molar-refractivity contribution < 1.29 is 9.59 Å². The van der Waals surface area contributed by atoms with E-state index in [-0.39, 0.29) is 17.7 Å². The van der Waals surface area contributed by atoms with Gasteiger partial charge in [-0.3, -0.25) is 9.59 Å². The van der Waals surface area contributed by atoms with Gasteiger partial charge in [0.1, 0.15) is 0 Å². The summed E-state index contributed by atoms with van der Waals surface area (Å²) in [5, 5.41) is 5.95. The molecule has 2 aromatic carbocycles. The molecule has 2 aromatic rings. The number of hydrogen-bond acceptors (Lipinski definition) is 3. The number of rotatable bonds is 5. The predicted molar refractivity (Wildman–Crippen MR) is 122 cm³/mol. The van der Waals surface area contributed by atoms with Crippen LogP contribution >= 0.6 is 0 Å². The number of carbonyl (C=O) groups is 2. The number of piperidine rings is 1. The highest BCUT2D eigenvalue weighted by Crippen LogP contribution is 2.25. The summed E-state index contributed by atoms with van der Waals surface area (Å²) in [7, 11) is 0. The van der Waals surface area contributed by atoms with Crippen LogP contribution in [0.1, 0.15) is 61.7 Å². The molecule has 2 amide bonds.